The summed E-state index contributed by atoms with van der Waals surface area (Å²) in [5.74, 6) is -0.461. The summed E-state index contributed by atoms with van der Waals surface area (Å²) >= 11 is 5.87. The second kappa shape index (κ2) is 8.01. The number of hydrogen-bond acceptors (Lipinski definition) is 4. The predicted molar refractivity (Wildman–Crippen MR) is 103 cm³/mol. The van der Waals surface area contributed by atoms with Gasteiger partial charge in [0.1, 0.15) is 5.75 Å². The highest BCUT2D eigenvalue weighted by molar-refractivity contribution is 6.30. The van der Waals surface area contributed by atoms with E-state index in [1.165, 1.54) is 0 Å². The lowest BCUT2D eigenvalue weighted by Crippen LogP contribution is -2.43. The van der Waals surface area contributed by atoms with E-state index in [1.54, 1.807) is 62.4 Å². The van der Waals surface area contributed by atoms with E-state index in [1.807, 2.05) is 6.07 Å². The highest BCUT2D eigenvalue weighted by Crippen LogP contribution is 2.27. The Hall–Kier alpha value is -2.53. The van der Waals surface area contributed by atoms with Crippen LogP contribution in [0.25, 0.3) is 0 Å². The Morgan fingerprint density at radius 3 is 2.30 bits per heavy atom. The van der Waals surface area contributed by atoms with Crippen LogP contribution >= 0.6 is 11.6 Å². The van der Waals surface area contributed by atoms with Gasteiger partial charge in [0.25, 0.3) is 5.91 Å². The fourth-order valence-corrected chi connectivity index (χ4v) is 2.62. The van der Waals surface area contributed by atoms with Crippen LogP contribution in [0.15, 0.2) is 54.6 Å². The molecule has 2 aromatic rings. The smallest absolute Gasteiger partial charge is 0.351 e. The summed E-state index contributed by atoms with van der Waals surface area (Å²) in [6.45, 7) is 3.20. The van der Waals surface area contributed by atoms with Crippen molar-refractivity contribution in [2.45, 2.75) is 44.4 Å². The number of rotatable bonds is 7. The summed E-state index contributed by atoms with van der Waals surface area (Å²) in [7, 11) is 0. The van der Waals surface area contributed by atoms with Gasteiger partial charge in [-0.25, -0.2) is 4.79 Å². The van der Waals surface area contributed by atoms with Gasteiger partial charge < -0.3 is 14.8 Å². The Morgan fingerprint density at radius 2 is 1.70 bits per heavy atom. The molecule has 3 rings (SSSR count). The van der Waals surface area contributed by atoms with E-state index in [-0.39, 0.29) is 11.9 Å². The molecular weight excluding hydrogens is 366 g/mol. The Labute approximate surface area is 163 Å². The molecule has 0 spiro atoms. The zero-order valence-electron chi connectivity index (χ0n) is 15.3. The SMILES string of the molecule is CC(C)(Oc1ccc(Cl)cc1)C(=O)OC(C(=O)NC1CC1)c1ccccc1. The van der Waals surface area contributed by atoms with Gasteiger partial charge in [-0.15, -0.1) is 0 Å². The van der Waals surface area contributed by atoms with Gasteiger partial charge in [0.15, 0.2) is 5.60 Å². The minimum Gasteiger partial charge on any atom is -0.476 e. The van der Waals surface area contributed by atoms with Crippen LogP contribution in [-0.2, 0) is 14.3 Å². The molecule has 0 bridgehead atoms. The Bertz CT molecular complexity index is 801. The first-order valence-electron chi connectivity index (χ1n) is 8.86. The number of carbonyl (C=O) groups is 2. The monoisotopic (exact) mass is 387 g/mol. The van der Waals surface area contributed by atoms with Crippen LogP contribution in [-0.4, -0.2) is 23.5 Å². The molecule has 142 valence electrons. The van der Waals surface area contributed by atoms with E-state index < -0.39 is 17.7 Å². The number of carbonyl (C=O) groups excluding carboxylic acids is 2. The highest BCUT2D eigenvalue weighted by atomic mass is 35.5. The maximum atomic E-state index is 12.8. The van der Waals surface area contributed by atoms with Crippen molar-refractivity contribution in [1.29, 1.82) is 0 Å². The van der Waals surface area contributed by atoms with Gasteiger partial charge in [-0.2, -0.15) is 0 Å². The largest absolute Gasteiger partial charge is 0.476 e. The second-order valence-electron chi connectivity index (χ2n) is 7.05. The number of hydrogen-bond donors (Lipinski definition) is 1. The number of esters is 1. The molecule has 1 fully saturated rings. The molecule has 0 saturated heterocycles. The number of amides is 1. The molecule has 1 amide bonds. The van der Waals surface area contributed by atoms with Gasteiger partial charge in [-0.3, -0.25) is 4.79 Å². The minimum absolute atomic E-state index is 0.167. The third kappa shape index (κ3) is 5.23. The fourth-order valence-electron chi connectivity index (χ4n) is 2.49. The first-order chi connectivity index (χ1) is 12.8. The number of nitrogens with one attached hydrogen (secondary N) is 1. The van der Waals surface area contributed by atoms with Crippen molar-refractivity contribution in [3.63, 3.8) is 0 Å². The molecule has 0 heterocycles. The van der Waals surface area contributed by atoms with Crippen LogP contribution in [0.1, 0.15) is 38.4 Å². The van der Waals surface area contributed by atoms with Crippen molar-refractivity contribution < 1.29 is 19.1 Å². The molecule has 0 aliphatic heterocycles. The average molecular weight is 388 g/mol. The van der Waals surface area contributed by atoms with Crippen molar-refractivity contribution in [1.82, 2.24) is 5.32 Å². The van der Waals surface area contributed by atoms with Gasteiger partial charge in [-0.05, 0) is 51.0 Å². The third-order valence-corrected chi connectivity index (χ3v) is 4.42. The van der Waals surface area contributed by atoms with Crippen LogP contribution in [0.3, 0.4) is 0 Å². The van der Waals surface area contributed by atoms with E-state index >= 15 is 0 Å². The van der Waals surface area contributed by atoms with Crippen LogP contribution < -0.4 is 10.1 Å². The maximum absolute atomic E-state index is 12.8. The van der Waals surface area contributed by atoms with Gasteiger partial charge in [-0.1, -0.05) is 41.9 Å². The van der Waals surface area contributed by atoms with E-state index in [0.717, 1.165) is 12.8 Å². The Balaban J connectivity index is 1.73. The number of ether oxygens (including phenoxy) is 2. The van der Waals surface area contributed by atoms with Gasteiger partial charge >= 0.3 is 5.97 Å². The molecule has 1 unspecified atom stereocenters. The minimum atomic E-state index is -1.28. The normalized spacial score (nSPS) is 14.9. The second-order valence-corrected chi connectivity index (χ2v) is 7.48. The molecule has 6 heteroatoms. The van der Waals surface area contributed by atoms with Crippen molar-refractivity contribution in [3.05, 3.63) is 65.2 Å². The first-order valence-corrected chi connectivity index (χ1v) is 9.24. The van der Waals surface area contributed by atoms with Crippen molar-refractivity contribution in [2.75, 3.05) is 0 Å². The molecule has 1 aliphatic carbocycles. The summed E-state index contributed by atoms with van der Waals surface area (Å²) in [4.78, 5) is 25.4. The summed E-state index contributed by atoms with van der Waals surface area (Å²) in [6.07, 6.45) is 0.881. The predicted octanol–water partition coefficient (Wildman–Crippen LogP) is 4.06. The van der Waals surface area contributed by atoms with Crippen molar-refractivity contribution in [2.24, 2.45) is 0 Å². The van der Waals surface area contributed by atoms with Gasteiger partial charge in [0, 0.05) is 16.6 Å². The molecule has 0 radical (unpaired) electrons. The molecule has 1 atom stereocenters. The van der Waals surface area contributed by atoms with Crippen molar-refractivity contribution in [3.8, 4) is 5.75 Å². The molecule has 2 aromatic carbocycles. The van der Waals surface area contributed by atoms with Gasteiger partial charge in [0.2, 0.25) is 6.10 Å². The topological polar surface area (TPSA) is 64.6 Å². The number of halogens is 1. The van der Waals surface area contributed by atoms with E-state index in [9.17, 15) is 9.59 Å². The Kier molecular flexibility index (Phi) is 5.71. The lowest BCUT2D eigenvalue weighted by Gasteiger charge is -2.27. The summed E-state index contributed by atoms with van der Waals surface area (Å²) in [5, 5.41) is 3.47. The van der Waals surface area contributed by atoms with Crippen molar-refractivity contribution >= 4 is 23.5 Å². The molecule has 1 N–H and O–H groups in total. The quantitative estimate of drug-likeness (QED) is 0.727. The van der Waals surface area contributed by atoms with Crippen LogP contribution in [0.2, 0.25) is 5.02 Å². The first kappa shape index (κ1) is 19.2. The summed E-state index contributed by atoms with van der Waals surface area (Å²) < 4.78 is 11.3. The molecule has 1 saturated carbocycles. The maximum Gasteiger partial charge on any atom is 0.351 e. The molecule has 5 nitrogen and oxygen atoms in total. The highest BCUT2D eigenvalue weighted by Gasteiger charge is 2.37. The van der Waals surface area contributed by atoms with E-state index in [0.29, 0.717) is 16.3 Å². The standard InChI is InChI=1S/C21H22ClNO4/c1-21(2,27-17-12-8-15(22)9-13-17)20(25)26-18(14-6-4-3-5-7-14)19(24)23-16-10-11-16/h3-9,12-13,16,18H,10-11H2,1-2H3,(H,23,24). The van der Waals surface area contributed by atoms with E-state index in [4.69, 9.17) is 21.1 Å². The zero-order valence-corrected chi connectivity index (χ0v) is 16.0. The molecule has 0 aromatic heterocycles. The zero-order chi connectivity index (χ0) is 19.4. The van der Waals surface area contributed by atoms with Crippen LogP contribution in [0, 0.1) is 0 Å². The average Bonchev–Trinajstić information content (AvgIpc) is 3.45. The summed E-state index contributed by atoms with van der Waals surface area (Å²) in [5.41, 5.74) is -0.660. The molecular formula is C21H22ClNO4. The lowest BCUT2D eigenvalue weighted by molar-refractivity contribution is -0.169. The fraction of sp³-hybridized carbons (Fsp3) is 0.333. The summed E-state index contributed by atoms with van der Waals surface area (Å²) in [6, 6.07) is 15.8. The van der Waals surface area contributed by atoms with E-state index in [2.05, 4.69) is 5.32 Å². The van der Waals surface area contributed by atoms with Gasteiger partial charge in [0.05, 0.1) is 0 Å². The molecule has 1 aliphatic rings. The Morgan fingerprint density at radius 1 is 1.07 bits per heavy atom. The van der Waals surface area contributed by atoms with Crippen LogP contribution in [0.5, 0.6) is 5.75 Å². The third-order valence-electron chi connectivity index (χ3n) is 4.17. The van der Waals surface area contributed by atoms with Crippen LogP contribution in [0.4, 0.5) is 0 Å². The lowest BCUT2D eigenvalue weighted by atomic mass is 10.1. The molecule has 27 heavy (non-hydrogen) atoms. The number of benzene rings is 2.